The van der Waals surface area contributed by atoms with Gasteiger partial charge in [0, 0.05) is 13.2 Å². The van der Waals surface area contributed by atoms with E-state index in [2.05, 4.69) is 50.4 Å². The van der Waals surface area contributed by atoms with E-state index in [0.717, 1.165) is 19.4 Å². The zero-order valence-electron chi connectivity index (χ0n) is 12.2. The maximum Gasteiger partial charge on any atom is 0.0558 e. The van der Waals surface area contributed by atoms with E-state index >= 15 is 0 Å². The van der Waals surface area contributed by atoms with Gasteiger partial charge in [0.25, 0.3) is 0 Å². The van der Waals surface area contributed by atoms with Crippen LogP contribution in [-0.2, 0) is 11.2 Å². The maximum absolute atomic E-state index is 5.39. The van der Waals surface area contributed by atoms with Crippen LogP contribution in [0.5, 0.6) is 0 Å². The molecule has 2 heteroatoms. The van der Waals surface area contributed by atoms with Crippen LogP contribution in [0.15, 0.2) is 24.3 Å². The Kier molecular flexibility index (Phi) is 6.99. The molecule has 1 aromatic carbocycles. The Labute approximate surface area is 112 Å². The van der Waals surface area contributed by atoms with Crippen molar-refractivity contribution in [3.05, 3.63) is 35.4 Å². The summed E-state index contributed by atoms with van der Waals surface area (Å²) in [5, 5.41) is 3.63. The topological polar surface area (TPSA) is 21.3 Å². The third-order valence-corrected chi connectivity index (χ3v) is 3.43. The highest BCUT2D eigenvalue weighted by Crippen LogP contribution is 2.13. The molecule has 0 aliphatic carbocycles. The molecule has 1 N–H and O–H groups in total. The number of hydrogen-bond donors (Lipinski definition) is 1. The van der Waals surface area contributed by atoms with E-state index in [1.165, 1.54) is 17.5 Å². The zero-order chi connectivity index (χ0) is 13.4. The lowest BCUT2D eigenvalue weighted by atomic mass is 9.97. The van der Waals surface area contributed by atoms with Crippen molar-refractivity contribution in [2.75, 3.05) is 13.7 Å². The SMILES string of the molecule is CCCNC(Cc1ccccc1C)CC(C)OC. The molecule has 2 unspecified atom stereocenters. The van der Waals surface area contributed by atoms with Gasteiger partial charge >= 0.3 is 0 Å². The second-order valence-corrected chi connectivity index (χ2v) is 5.06. The molecular weight excluding hydrogens is 222 g/mol. The van der Waals surface area contributed by atoms with Crippen molar-refractivity contribution in [2.45, 2.75) is 52.2 Å². The molecule has 0 radical (unpaired) electrons. The number of nitrogens with one attached hydrogen (secondary N) is 1. The highest BCUT2D eigenvalue weighted by atomic mass is 16.5. The Hall–Kier alpha value is -0.860. The lowest BCUT2D eigenvalue weighted by Crippen LogP contribution is -2.35. The van der Waals surface area contributed by atoms with Crippen LogP contribution in [-0.4, -0.2) is 25.8 Å². The van der Waals surface area contributed by atoms with Gasteiger partial charge in [-0.1, -0.05) is 31.2 Å². The Morgan fingerprint density at radius 2 is 2.00 bits per heavy atom. The first-order valence-corrected chi connectivity index (χ1v) is 6.98. The fourth-order valence-electron chi connectivity index (χ4n) is 2.19. The molecule has 0 amide bonds. The van der Waals surface area contributed by atoms with Crippen molar-refractivity contribution in [1.82, 2.24) is 5.32 Å². The van der Waals surface area contributed by atoms with Crippen molar-refractivity contribution >= 4 is 0 Å². The van der Waals surface area contributed by atoms with Crippen LogP contribution in [0.1, 0.15) is 37.8 Å². The minimum atomic E-state index is 0.309. The molecule has 1 rings (SSSR count). The first-order chi connectivity index (χ1) is 8.67. The third-order valence-electron chi connectivity index (χ3n) is 3.43. The number of ether oxygens (including phenoxy) is 1. The number of hydrogen-bond acceptors (Lipinski definition) is 2. The van der Waals surface area contributed by atoms with Gasteiger partial charge in [-0.25, -0.2) is 0 Å². The molecule has 0 fully saturated rings. The summed E-state index contributed by atoms with van der Waals surface area (Å²) >= 11 is 0. The molecule has 102 valence electrons. The molecule has 0 saturated heterocycles. The quantitative estimate of drug-likeness (QED) is 0.763. The normalized spacial score (nSPS) is 14.4. The molecule has 0 aromatic heterocycles. The molecule has 2 nitrogen and oxygen atoms in total. The van der Waals surface area contributed by atoms with Crippen LogP contribution in [0.3, 0.4) is 0 Å². The van der Waals surface area contributed by atoms with Gasteiger partial charge in [-0.15, -0.1) is 0 Å². The summed E-state index contributed by atoms with van der Waals surface area (Å²) in [4.78, 5) is 0. The fourth-order valence-corrected chi connectivity index (χ4v) is 2.19. The molecule has 0 aliphatic heterocycles. The average molecular weight is 249 g/mol. The molecule has 0 saturated carbocycles. The van der Waals surface area contributed by atoms with Gasteiger partial charge in [0.15, 0.2) is 0 Å². The molecule has 0 heterocycles. The van der Waals surface area contributed by atoms with E-state index in [1.807, 2.05) is 0 Å². The molecule has 0 aliphatic rings. The van der Waals surface area contributed by atoms with Crippen molar-refractivity contribution in [1.29, 1.82) is 0 Å². The van der Waals surface area contributed by atoms with Crippen LogP contribution in [0, 0.1) is 6.92 Å². The van der Waals surface area contributed by atoms with Gasteiger partial charge in [0.2, 0.25) is 0 Å². The van der Waals surface area contributed by atoms with Crippen molar-refractivity contribution < 1.29 is 4.74 Å². The number of benzene rings is 1. The van der Waals surface area contributed by atoms with Gasteiger partial charge in [-0.3, -0.25) is 0 Å². The lowest BCUT2D eigenvalue weighted by Gasteiger charge is -2.22. The van der Waals surface area contributed by atoms with Crippen molar-refractivity contribution in [3.8, 4) is 0 Å². The first-order valence-electron chi connectivity index (χ1n) is 6.98. The summed E-state index contributed by atoms with van der Waals surface area (Å²) in [5.74, 6) is 0. The smallest absolute Gasteiger partial charge is 0.0558 e. The zero-order valence-corrected chi connectivity index (χ0v) is 12.2. The van der Waals surface area contributed by atoms with Crippen LogP contribution < -0.4 is 5.32 Å². The number of methoxy groups -OCH3 is 1. The standard InChI is InChI=1S/C16H27NO/c1-5-10-17-16(11-14(3)18-4)12-15-9-7-6-8-13(15)2/h6-9,14,16-17H,5,10-12H2,1-4H3. The predicted molar refractivity (Wildman–Crippen MR) is 78.1 cm³/mol. The third kappa shape index (κ3) is 5.19. The Balaban J connectivity index is 2.62. The predicted octanol–water partition coefficient (Wildman–Crippen LogP) is 3.33. The van der Waals surface area contributed by atoms with Gasteiger partial charge < -0.3 is 10.1 Å². The van der Waals surface area contributed by atoms with Gasteiger partial charge in [-0.2, -0.15) is 0 Å². The minimum Gasteiger partial charge on any atom is -0.382 e. The summed E-state index contributed by atoms with van der Waals surface area (Å²) in [6.45, 7) is 7.61. The van der Waals surface area contributed by atoms with Crippen molar-refractivity contribution in [3.63, 3.8) is 0 Å². The van der Waals surface area contributed by atoms with Crippen LogP contribution >= 0.6 is 0 Å². The van der Waals surface area contributed by atoms with Gasteiger partial charge in [-0.05, 0) is 50.8 Å². The number of aryl methyl sites for hydroxylation is 1. The van der Waals surface area contributed by atoms with E-state index in [1.54, 1.807) is 7.11 Å². The summed E-state index contributed by atoms with van der Waals surface area (Å²) in [7, 11) is 1.79. The van der Waals surface area contributed by atoms with Gasteiger partial charge in [0.1, 0.15) is 0 Å². The monoisotopic (exact) mass is 249 g/mol. The highest BCUT2D eigenvalue weighted by molar-refractivity contribution is 5.26. The van der Waals surface area contributed by atoms with E-state index < -0.39 is 0 Å². The van der Waals surface area contributed by atoms with Gasteiger partial charge in [0.05, 0.1) is 6.10 Å². The fraction of sp³-hybridized carbons (Fsp3) is 0.625. The Morgan fingerprint density at radius 3 is 2.61 bits per heavy atom. The molecule has 1 aromatic rings. The lowest BCUT2D eigenvalue weighted by molar-refractivity contribution is 0.100. The average Bonchev–Trinajstić information content (AvgIpc) is 2.38. The summed E-state index contributed by atoms with van der Waals surface area (Å²) < 4.78 is 5.39. The molecule has 0 bridgehead atoms. The molecular formula is C16H27NO. The molecule has 0 spiro atoms. The minimum absolute atomic E-state index is 0.309. The highest BCUT2D eigenvalue weighted by Gasteiger charge is 2.13. The summed E-state index contributed by atoms with van der Waals surface area (Å²) in [5.41, 5.74) is 2.82. The van der Waals surface area contributed by atoms with E-state index in [9.17, 15) is 0 Å². The van der Waals surface area contributed by atoms with Crippen molar-refractivity contribution in [2.24, 2.45) is 0 Å². The van der Waals surface area contributed by atoms with Crippen LogP contribution in [0.25, 0.3) is 0 Å². The second-order valence-electron chi connectivity index (χ2n) is 5.06. The Bertz CT molecular complexity index is 338. The van der Waals surface area contributed by atoms with Crippen LogP contribution in [0.2, 0.25) is 0 Å². The van der Waals surface area contributed by atoms with Crippen LogP contribution in [0.4, 0.5) is 0 Å². The molecule has 18 heavy (non-hydrogen) atoms. The van der Waals surface area contributed by atoms with E-state index in [0.29, 0.717) is 12.1 Å². The first kappa shape index (κ1) is 15.2. The summed E-state index contributed by atoms with van der Waals surface area (Å²) in [6, 6.07) is 9.14. The van der Waals surface area contributed by atoms with E-state index in [-0.39, 0.29) is 0 Å². The summed E-state index contributed by atoms with van der Waals surface area (Å²) in [6.07, 6.45) is 3.62. The van der Waals surface area contributed by atoms with E-state index in [4.69, 9.17) is 4.74 Å². The Morgan fingerprint density at radius 1 is 1.28 bits per heavy atom. The largest absolute Gasteiger partial charge is 0.382 e. The number of rotatable bonds is 8. The maximum atomic E-state index is 5.39. The molecule has 2 atom stereocenters. The second kappa shape index (κ2) is 8.28.